The quantitative estimate of drug-likeness (QED) is 0.764. The van der Waals surface area contributed by atoms with Gasteiger partial charge in [0.2, 0.25) is 0 Å². The van der Waals surface area contributed by atoms with Crippen molar-refractivity contribution in [3.8, 4) is 5.75 Å². The second-order valence-electron chi connectivity index (χ2n) is 6.42. The third-order valence-electron chi connectivity index (χ3n) is 4.87. The maximum absolute atomic E-state index is 10.1. The van der Waals surface area contributed by atoms with Crippen molar-refractivity contribution in [1.82, 2.24) is 0 Å². The Morgan fingerprint density at radius 1 is 1.26 bits per heavy atom. The first-order valence-corrected chi connectivity index (χ1v) is 7.11. The number of para-hydroxylation sites is 1. The lowest BCUT2D eigenvalue weighted by molar-refractivity contribution is -0.167. The largest absolute Gasteiger partial charge is 0.508 e. The van der Waals surface area contributed by atoms with Gasteiger partial charge < -0.3 is 9.84 Å². The van der Waals surface area contributed by atoms with Gasteiger partial charge in [0.25, 0.3) is 0 Å². The first-order chi connectivity index (χ1) is 8.99. The Bertz CT molecular complexity index is 516. The summed E-state index contributed by atoms with van der Waals surface area (Å²) in [7, 11) is 0. The normalized spacial score (nSPS) is 32.8. The molecule has 1 aromatic rings. The Kier molecular flexibility index (Phi) is 2.94. The average molecular weight is 258 g/mol. The molecule has 19 heavy (non-hydrogen) atoms. The lowest BCUT2D eigenvalue weighted by atomic mass is 9.68. The summed E-state index contributed by atoms with van der Waals surface area (Å²) in [6.07, 6.45) is 4.61. The molecule has 102 valence electrons. The van der Waals surface area contributed by atoms with Crippen molar-refractivity contribution >= 4 is 0 Å². The molecule has 1 N–H and O–H groups in total. The van der Waals surface area contributed by atoms with Crippen LogP contribution in [0.15, 0.2) is 35.9 Å². The molecule has 0 radical (unpaired) electrons. The van der Waals surface area contributed by atoms with Crippen LogP contribution in [-0.2, 0) is 4.74 Å². The van der Waals surface area contributed by atoms with Crippen LogP contribution in [0.25, 0.3) is 0 Å². The van der Waals surface area contributed by atoms with Crippen molar-refractivity contribution in [2.45, 2.75) is 45.3 Å². The fourth-order valence-electron chi connectivity index (χ4n) is 3.51. The molecule has 1 aromatic carbocycles. The Balaban J connectivity index is 2.03. The summed E-state index contributed by atoms with van der Waals surface area (Å²) in [6, 6.07) is 7.57. The van der Waals surface area contributed by atoms with Crippen molar-refractivity contribution in [2.24, 2.45) is 11.8 Å². The zero-order chi connectivity index (χ0) is 13.6. The number of phenolic OH excluding ortho intramolecular Hbond substituents is 1. The number of ether oxygens (including phenoxy) is 1. The van der Waals surface area contributed by atoms with E-state index in [4.69, 9.17) is 4.74 Å². The highest BCUT2D eigenvalue weighted by Gasteiger charge is 2.45. The minimum atomic E-state index is -0.124. The number of phenols is 1. The summed E-state index contributed by atoms with van der Waals surface area (Å²) < 4.78 is 6.38. The Morgan fingerprint density at radius 2 is 2.00 bits per heavy atom. The maximum Gasteiger partial charge on any atom is 0.121 e. The number of fused-ring (bicyclic) bond motifs is 2. The van der Waals surface area contributed by atoms with Crippen molar-refractivity contribution in [1.29, 1.82) is 0 Å². The second kappa shape index (κ2) is 4.38. The number of allylic oxidation sites excluding steroid dienone is 1. The molecular formula is C17H22O2. The molecule has 1 aliphatic heterocycles. The molecule has 2 bridgehead atoms. The van der Waals surface area contributed by atoms with Gasteiger partial charge >= 0.3 is 0 Å². The molecule has 2 nitrogen and oxygen atoms in total. The molecule has 0 saturated carbocycles. The van der Waals surface area contributed by atoms with Gasteiger partial charge in [0.1, 0.15) is 5.75 Å². The number of aromatic hydroxyl groups is 1. The minimum Gasteiger partial charge on any atom is -0.508 e. The maximum atomic E-state index is 10.1. The molecule has 0 spiro atoms. The second-order valence-corrected chi connectivity index (χ2v) is 6.42. The lowest BCUT2D eigenvalue weighted by Gasteiger charge is -2.49. The molecule has 1 saturated heterocycles. The third-order valence-corrected chi connectivity index (χ3v) is 4.87. The van der Waals surface area contributed by atoms with E-state index in [9.17, 15) is 5.11 Å². The average Bonchev–Trinajstić information content (AvgIpc) is 2.37. The molecular weight excluding hydrogens is 236 g/mol. The van der Waals surface area contributed by atoms with Crippen molar-refractivity contribution in [3.05, 3.63) is 41.5 Å². The van der Waals surface area contributed by atoms with E-state index in [-0.39, 0.29) is 11.7 Å². The van der Waals surface area contributed by atoms with Crippen LogP contribution in [0.4, 0.5) is 0 Å². The Labute approximate surface area is 115 Å². The first-order valence-electron chi connectivity index (χ1n) is 7.11. The predicted molar refractivity (Wildman–Crippen MR) is 76.0 cm³/mol. The smallest absolute Gasteiger partial charge is 0.121 e. The summed E-state index contributed by atoms with van der Waals surface area (Å²) in [5.74, 6) is 1.34. The molecule has 0 amide bonds. The van der Waals surface area contributed by atoms with E-state index in [1.165, 1.54) is 5.57 Å². The zero-order valence-electron chi connectivity index (χ0n) is 11.9. The summed E-state index contributed by atoms with van der Waals surface area (Å²) in [5, 5.41) is 10.1. The summed E-state index contributed by atoms with van der Waals surface area (Å²) in [4.78, 5) is 0. The monoisotopic (exact) mass is 258 g/mol. The number of rotatable bonds is 1. The van der Waals surface area contributed by atoms with Crippen LogP contribution >= 0.6 is 0 Å². The van der Waals surface area contributed by atoms with E-state index < -0.39 is 0 Å². The molecule has 0 aromatic heterocycles. The molecule has 1 fully saturated rings. The molecule has 1 aliphatic carbocycles. The van der Waals surface area contributed by atoms with Crippen LogP contribution in [-0.4, -0.2) is 10.7 Å². The van der Waals surface area contributed by atoms with Gasteiger partial charge in [0.15, 0.2) is 0 Å². The van der Waals surface area contributed by atoms with Gasteiger partial charge in [0.05, 0.1) is 11.7 Å². The molecule has 1 heterocycles. The van der Waals surface area contributed by atoms with Gasteiger partial charge in [-0.2, -0.15) is 0 Å². The Hall–Kier alpha value is -1.28. The highest BCUT2D eigenvalue weighted by molar-refractivity contribution is 5.36. The van der Waals surface area contributed by atoms with Crippen LogP contribution in [0, 0.1) is 11.8 Å². The van der Waals surface area contributed by atoms with Crippen LogP contribution < -0.4 is 0 Å². The van der Waals surface area contributed by atoms with E-state index in [1.807, 2.05) is 18.2 Å². The van der Waals surface area contributed by atoms with Crippen LogP contribution in [0.2, 0.25) is 0 Å². The van der Waals surface area contributed by atoms with E-state index in [0.717, 1.165) is 18.4 Å². The predicted octanol–water partition coefficient (Wildman–Crippen LogP) is 4.21. The number of hydrogen-bond acceptors (Lipinski definition) is 2. The number of benzene rings is 1. The van der Waals surface area contributed by atoms with Crippen LogP contribution in [0.3, 0.4) is 0 Å². The van der Waals surface area contributed by atoms with Gasteiger partial charge in [0, 0.05) is 11.5 Å². The highest BCUT2D eigenvalue weighted by atomic mass is 16.5. The highest BCUT2D eigenvalue weighted by Crippen LogP contribution is 2.52. The van der Waals surface area contributed by atoms with Gasteiger partial charge in [-0.25, -0.2) is 0 Å². The summed E-state index contributed by atoms with van der Waals surface area (Å²) in [5.41, 5.74) is 2.20. The fourth-order valence-corrected chi connectivity index (χ4v) is 3.51. The first kappa shape index (κ1) is 12.7. The zero-order valence-corrected chi connectivity index (χ0v) is 11.9. The van der Waals surface area contributed by atoms with Crippen molar-refractivity contribution in [3.63, 3.8) is 0 Å². The molecule has 3 atom stereocenters. The molecule has 3 rings (SSSR count). The van der Waals surface area contributed by atoms with Gasteiger partial charge in [-0.05, 0) is 45.6 Å². The van der Waals surface area contributed by atoms with E-state index in [0.29, 0.717) is 17.6 Å². The van der Waals surface area contributed by atoms with Crippen molar-refractivity contribution < 1.29 is 9.84 Å². The SMILES string of the molecule is CC1=CC[C@@H]2C[C@H]1C(c1ccccc1O)OC2(C)C. The molecule has 1 unspecified atom stereocenters. The topological polar surface area (TPSA) is 29.5 Å². The van der Waals surface area contributed by atoms with Crippen LogP contribution in [0.5, 0.6) is 5.75 Å². The lowest BCUT2D eigenvalue weighted by Crippen LogP contribution is -2.45. The summed E-state index contributed by atoms with van der Waals surface area (Å²) >= 11 is 0. The van der Waals surface area contributed by atoms with Gasteiger partial charge in [-0.1, -0.05) is 29.8 Å². The van der Waals surface area contributed by atoms with Crippen LogP contribution in [0.1, 0.15) is 45.3 Å². The number of hydrogen-bond donors (Lipinski definition) is 1. The minimum absolute atomic E-state index is 0.0241. The van der Waals surface area contributed by atoms with Gasteiger partial charge in [-0.15, -0.1) is 0 Å². The standard InChI is InChI=1S/C17H22O2/c1-11-8-9-12-10-14(11)16(19-17(12,2)3)13-6-4-5-7-15(13)18/h4-8,12,14,16,18H,9-10H2,1-3H3/t12-,14-,16?/m1/s1. The molecule has 2 aliphatic rings. The van der Waals surface area contributed by atoms with E-state index >= 15 is 0 Å². The fraction of sp³-hybridized carbons (Fsp3) is 0.529. The van der Waals surface area contributed by atoms with E-state index in [1.54, 1.807) is 6.07 Å². The summed E-state index contributed by atoms with van der Waals surface area (Å²) in [6.45, 7) is 6.54. The Morgan fingerprint density at radius 3 is 2.74 bits per heavy atom. The van der Waals surface area contributed by atoms with Gasteiger partial charge in [-0.3, -0.25) is 0 Å². The van der Waals surface area contributed by atoms with E-state index in [2.05, 4.69) is 26.8 Å². The van der Waals surface area contributed by atoms with Crippen molar-refractivity contribution in [2.75, 3.05) is 0 Å². The molecule has 2 heteroatoms. The third kappa shape index (κ3) is 2.08.